The summed E-state index contributed by atoms with van der Waals surface area (Å²) >= 11 is 7.96. The monoisotopic (exact) mass is 507 g/mol. The summed E-state index contributed by atoms with van der Waals surface area (Å²) in [6, 6.07) is 17.0. The number of fused-ring (bicyclic) bond motifs is 1. The maximum Gasteiger partial charge on any atom is 0.236 e. The minimum absolute atomic E-state index is 0.0601. The smallest absolute Gasteiger partial charge is 0.236 e. The Bertz CT molecular complexity index is 1370. The molecule has 35 heavy (non-hydrogen) atoms. The second kappa shape index (κ2) is 9.03. The van der Waals surface area contributed by atoms with Crippen LogP contribution in [0.5, 0.6) is 11.5 Å². The minimum atomic E-state index is -0.563. The number of anilines is 1. The summed E-state index contributed by atoms with van der Waals surface area (Å²) in [7, 11) is 0. The van der Waals surface area contributed by atoms with Gasteiger partial charge in [-0.3, -0.25) is 10.1 Å². The molecule has 0 saturated heterocycles. The number of furan rings is 1. The van der Waals surface area contributed by atoms with Crippen LogP contribution in [0.25, 0.3) is 0 Å². The third kappa shape index (κ3) is 4.29. The molecule has 1 fully saturated rings. The molecule has 1 unspecified atom stereocenters. The average molecular weight is 508 g/mol. The van der Waals surface area contributed by atoms with Gasteiger partial charge in [-0.15, -0.1) is 0 Å². The van der Waals surface area contributed by atoms with E-state index in [2.05, 4.69) is 15.6 Å². The number of hydrogen-bond acceptors (Lipinski definition) is 7. The number of carbonyl (C=O) groups excluding carboxylic acids is 1. The number of nitrogens with one attached hydrogen (secondary N) is 2. The Kier molecular flexibility index (Phi) is 5.72. The lowest BCUT2D eigenvalue weighted by Crippen LogP contribution is -2.27. The van der Waals surface area contributed by atoms with Gasteiger partial charge in [-0.2, -0.15) is 0 Å². The molecule has 6 rings (SSSR count). The van der Waals surface area contributed by atoms with Crippen LogP contribution >= 0.6 is 22.9 Å². The van der Waals surface area contributed by atoms with Gasteiger partial charge in [0.1, 0.15) is 5.76 Å². The SMILES string of the molecule is O=C(Nc1ncc(C(NCc2ccco2)c2ccccc2Cl)s1)C1(c2ccc3c(c2)OCO3)CC1. The molecule has 2 aromatic heterocycles. The highest BCUT2D eigenvalue weighted by Gasteiger charge is 2.52. The van der Waals surface area contributed by atoms with Crippen molar-refractivity contribution in [3.63, 3.8) is 0 Å². The van der Waals surface area contributed by atoms with Crippen LogP contribution in [0.4, 0.5) is 5.13 Å². The molecule has 1 aliphatic carbocycles. The molecule has 4 aromatic rings. The normalized spacial score (nSPS) is 16.1. The van der Waals surface area contributed by atoms with Crippen LogP contribution in [0.15, 0.2) is 71.5 Å². The van der Waals surface area contributed by atoms with Gasteiger partial charge in [-0.25, -0.2) is 4.98 Å². The van der Waals surface area contributed by atoms with Gasteiger partial charge in [0.2, 0.25) is 12.7 Å². The van der Waals surface area contributed by atoms with Crippen LogP contribution in [0, 0.1) is 0 Å². The molecule has 7 nitrogen and oxygen atoms in total. The molecule has 9 heteroatoms. The van der Waals surface area contributed by atoms with Crippen LogP contribution in [-0.4, -0.2) is 17.7 Å². The molecule has 3 heterocycles. The fourth-order valence-corrected chi connectivity index (χ4v) is 5.50. The van der Waals surface area contributed by atoms with E-state index in [0.29, 0.717) is 28.2 Å². The number of rotatable bonds is 8. The van der Waals surface area contributed by atoms with E-state index in [-0.39, 0.29) is 18.7 Å². The lowest BCUT2D eigenvalue weighted by atomic mass is 9.94. The lowest BCUT2D eigenvalue weighted by Gasteiger charge is -2.18. The molecule has 0 radical (unpaired) electrons. The summed E-state index contributed by atoms with van der Waals surface area (Å²) in [5.74, 6) is 2.15. The standard InChI is InChI=1S/C26H22ClN3O4S/c27-19-6-2-1-5-18(19)23(28-13-17-4-3-11-32-17)22-14-29-25(35-22)30-24(31)26(9-10-26)16-7-8-20-21(12-16)34-15-33-20/h1-8,11-12,14,23,28H,9-10,13,15H2,(H,29,30,31). The van der Waals surface area contributed by atoms with Crippen LogP contribution in [0.3, 0.4) is 0 Å². The molecule has 0 bridgehead atoms. The first-order chi connectivity index (χ1) is 17.1. The van der Waals surface area contributed by atoms with Crippen molar-refractivity contribution in [2.45, 2.75) is 30.8 Å². The Labute approximate surface area is 211 Å². The van der Waals surface area contributed by atoms with Crippen molar-refractivity contribution in [2.24, 2.45) is 0 Å². The van der Waals surface area contributed by atoms with Gasteiger partial charge in [0.15, 0.2) is 16.6 Å². The van der Waals surface area contributed by atoms with Crippen molar-refractivity contribution in [3.05, 3.63) is 93.8 Å². The van der Waals surface area contributed by atoms with Crippen molar-refractivity contribution in [1.82, 2.24) is 10.3 Å². The van der Waals surface area contributed by atoms with Crippen molar-refractivity contribution < 1.29 is 18.7 Å². The van der Waals surface area contributed by atoms with Crippen LogP contribution in [0.1, 0.15) is 40.6 Å². The highest BCUT2D eigenvalue weighted by molar-refractivity contribution is 7.15. The maximum atomic E-state index is 13.3. The second-order valence-corrected chi connectivity index (χ2v) is 10.1. The molecule has 2 N–H and O–H groups in total. The Morgan fingerprint density at radius 1 is 1.11 bits per heavy atom. The Hall–Kier alpha value is -3.33. The molecule has 178 valence electrons. The van der Waals surface area contributed by atoms with Gasteiger partial charge >= 0.3 is 0 Å². The lowest BCUT2D eigenvalue weighted by molar-refractivity contribution is -0.118. The molecule has 1 aliphatic heterocycles. The quantitative estimate of drug-likeness (QED) is 0.320. The first-order valence-electron chi connectivity index (χ1n) is 11.3. The number of carbonyl (C=O) groups is 1. The second-order valence-electron chi connectivity index (χ2n) is 8.59. The van der Waals surface area contributed by atoms with E-state index < -0.39 is 5.41 Å². The summed E-state index contributed by atoms with van der Waals surface area (Å²) in [4.78, 5) is 18.8. The summed E-state index contributed by atoms with van der Waals surface area (Å²) in [6.07, 6.45) is 4.99. The van der Waals surface area contributed by atoms with E-state index in [1.165, 1.54) is 11.3 Å². The Balaban J connectivity index is 1.22. The predicted octanol–water partition coefficient (Wildman–Crippen LogP) is 5.67. The number of ether oxygens (including phenoxy) is 2. The molecule has 2 aliphatic rings. The van der Waals surface area contributed by atoms with E-state index >= 15 is 0 Å². The van der Waals surface area contributed by atoms with Crippen molar-refractivity contribution in [3.8, 4) is 11.5 Å². The third-order valence-electron chi connectivity index (χ3n) is 6.42. The highest BCUT2D eigenvalue weighted by Crippen LogP contribution is 2.51. The number of halogens is 1. The predicted molar refractivity (Wildman–Crippen MR) is 133 cm³/mol. The van der Waals surface area contributed by atoms with Gasteiger partial charge in [-0.1, -0.05) is 47.2 Å². The zero-order chi connectivity index (χ0) is 23.8. The molecule has 1 atom stereocenters. The van der Waals surface area contributed by atoms with Gasteiger partial charge in [0, 0.05) is 16.1 Å². The largest absolute Gasteiger partial charge is 0.468 e. The number of hydrogen-bond donors (Lipinski definition) is 2. The molecule has 0 spiro atoms. The average Bonchev–Trinajstić information content (AvgIpc) is 3.23. The number of amides is 1. The van der Waals surface area contributed by atoms with E-state index in [1.54, 1.807) is 12.5 Å². The first kappa shape index (κ1) is 22.2. The third-order valence-corrected chi connectivity index (χ3v) is 7.74. The van der Waals surface area contributed by atoms with E-state index in [1.807, 2.05) is 54.6 Å². The number of aromatic nitrogens is 1. The minimum Gasteiger partial charge on any atom is -0.468 e. The Morgan fingerprint density at radius 2 is 1.97 bits per heavy atom. The van der Waals surface area contributed by atoms with Crippen molar-refractivity contribution in [1.29, 1.82) is 0 Å². The zero-order valence-electron chi connectivity index (χ0n) is 18.6. The summed E-state index contributed by atoms with van der Waals surface area (Å²) in [5.41, 5.74) is 1.30. The highest BCUT2D eigenvalue weighted by atomic mass is 35.5. The van der Waals surface area contributed by atoms with Crippen LogP contribution in [0.2, 0.25) is 5.02 Å². The fourth-order valence-electron chi connectivity index (χ4n) is 4.35. The summed E-state index contributed by atoms with van der Waals surface area (Å²) < 4.78 is 16.4. The van der Waals surface area contributed by atoms with Crippen molar-refractivity contribution in [2.75, 3.05) is 12.1 Å². The molecular weight excluding hydrogens is 486 g/mol. The molecule has 2 aromatic carbocycles. The van der Waals surface area contributed by atoms with E-state index in [9.17, 15) is 4.79 Å². The molecule has 1 saturated carbocycles. The molecule has 1 amide bonds. The molecular formula is C26H22ClN3O4S. The topological polar surface area (TPSA) is 85.6 Å². The van der Waals surface area contributed by atoms with E-state index in [4.69, 9.17) is 25.5 Å². The van der Waals surface area contributed by atoms with Crippen molar-refractivity contribution >= 4 is 34.0 Å². The summed E-state index contributed by atoms with van der Waals surface area (Å²) in [5, 5.41) is 7.75. The number of nitrogens with zero attached hydrogens (tertiary/aromatic N) is 1. The van der Waals surface area contributed by atoms with Gasteiger partial charge in [0.05, 0.1) is 24.3 Å². The number of benzene rings is 2. The zero-order valence-corrected chi connectivity index (χ0v) is 20.2. The van der Waals surface area contributed by atoms with Crippen LogP contribution in [-0.2, 0) is 16.8 Å². The van der Waals surface area contributed by atoms with Gasteiger partial charge in [0.25, 0.3) is 0 Å². The van der Waals surface area contributed by atoms with Gasteiger partial charge < -0.3 is 19.2 Å². The fraction of sp³-hybridized carbons (Fsp3) is 0.231. The van der Waals surface area contributed by atoms with E-state index in [0.717, 1.165) is 34.6 Å². The first-order valence-corrected chi connectivity index (χ1v) is 12.5. The number of thiazole rings is 1. The van der Waals surface area contributed by atoms with Gasteiger partial charge in [-0.05, 0) is 54.3 Å². The Morgan fingerprint density at radius 3 is 2.77 bits per heavy atom. The summed E-state index contributed by atoms with van der Waals surface area (Å²) in [6.45, 7) is 0.732. The maximum absolute atomic E-state index is 13.3. The van der Waals surface area contributed by atoms with Crippen LogP contribution < -0.4 is 20.1 Å².